The second-order valence-electron chi connectivity index (χ2n) is 4.01. The van der Waals surface area contributed by atoms with Gasteiger partial charge in [0, 0.05) is 16.9 Å². The monoisotopic (exact) mass is 223 g/mol. The van der Waals surface area contributed by atoms with Gasteiger partial charge in [0.05, 0.1) is 7.11 Å². The number of benzene rings is 1. The highest BCUT2D eigenvalue weighted by Crippen LogP contribution is 2.40. The first kappa shape index (κ1) is 10.8. The van der Waals surface area contributed by atoms with Gasteiger partial charge < -0.3 is 10.5 Å². The molecule has 2 rings (SSSR count). The van der Waals surface area contributed by atoms with E-state index in [4.69, 9.17) is 10.5 Å². The second-order valence-corrected chi connectivity index (χ2v) is 5.14. The van der Waals surface area contributed by atoms with E-state index in [1.807, 2.05) is 17.8 Å². The van der Waals surface area contributed by atoms with Gasteiger partial charge in [0.2, 0.25) is 0 Å². The van der Waals surface area contributed by atoms with Gasteiger partial charge in [0.15, 0.2) is 0 Å². The van der Waals surface area contributed by atoms with Gasteiger partial charge in [-0.05, 0) is 42.9 Å². The van der Waals surface area contributed by atoms with Gasteiger partial charge in [-0.1, -0.05) is 0 Å². The van der Waals surface area contributed by atoms with Gasteiger partial charge in [-0.25, -0.2) is 0 Å². The highest BCUT2D eigenvalue weighted by Gasteiger charge is 2.23. The van der Waals surface area contributed by atoms with Crippen molar-refractivity contribution in [3.05, 3.63) is 23.8 Å². The van der Waals surface area contributed by atoms with Crippen molar-refractivity contribution >= 4 is 11.8 Å². The molecule has 0 spiro atoms. The summed E-state index contributed by atoms with van der Waals surface area (Å²) in [6.45, 7) is 2.09. The molecule has 0 aromatic heterocycles. The summed E-state index contributed by atoms with van der Waals surface area (Å²) in [5.74, 6) is 2.59. The van der Waals surface area contributed by atoms with Crippen molar-refractivity contribution in [1.29, 1.82) is 0 Å². The van der Waals surface area contributed by atoms with Crippen LogP contribution in [-0.4, -0.2) is 18.9 Å². The predicted molar refractivity (Wildman–Crippen MR) is 64.7 cm³/mol. The normalized spacial score (nSPS) is 21.9. The average Bonchev–Trinajstić information content (AvgIpc) is 2.27. The van der Waals surface area contributed by atoms with Crippen molar-refractivity contribution in [2.45, 2.75) is 30.2 Å². The van der Waals surface area contributed by atoms with E-state index >= 15 is 0 Å². The van der Waals surface area contributed by atoms with Gasteiger partial charge in [-0.3, -0.25) is 0 Å². The fraction of sp³-hybridized carbons (Fsp3) is 0.500. The number of fused-ring (bicyclic) bond motifs is 1. The van der Waals surface area contributed by atoms with E-state index in [0.717, 1.165) is 5.75 Å². The Morgan fingerprint density at radius 2 is 2.33 bits per heavy atom. The Kier molecular flexibility index (Phi) is 3.22. The Hall–Kier alpha value is -0.670. The van der Waals surface area contributed by atoms with Crippen molar-refractivity contribution in [3.8, 4) is 5.75 Å². The first-order valence-electron chi connectivity index (χ1n) is 5.28. The lowest BCUT2D eigenvalue weighted by Gasteiger charge is -2.28. The molecule has 0 saturated carbocycles. The fourth-order valence-corrected chi connectivity index (χ4v) is 3.21. The van der Waals surface area contributed by atoms with Gasteiger partial charge >= 0.3 is 0 Å². The van der Waals surface area contributed by atoms with E-state index in [9.17, 15) is 0 Å². The van der Waals surface area contributed by atoms with Crippen molar-refractivity contribution in [3.63, 3.8) is 0 Å². The van der Waals surface area contributed by atoms with Crippen LogP contribution in [0.3, 0.4) is 0 Å². The van der Waals surface area contributed by atoms with E-state index in [0.29, 0.717) is 5.92 Å². The number of rotatable bonds is 2. The van der Waals surface area contributed by atoms with Crippen molar-refractivity contribution in [2.24, 2.45) is 5.73 Å². The Bertz CT molecular complexity index is 351. The minimum atomic E-state index is 0.219. The molecule has 1 aromatic carbocycles. The maximum absolute atomic E-state index is 6.02. The van der Waals surface area contributed by atoms with Gasteiger partial charge in [0.25, 0.3) is 0 Å². The number of ether oxygens (including phenoxy) is 1. The Morgan fingerprint density at radius 3 is 3.00 bits per heavy atom. The summed E-state index contributed by atoms with van der Waals surface area (Å²) in [7, 11) is 1.71. The molecule has 0 saturated heterocycles. The summed E-state index contributed by atoms with van der Waals surface area (Å²) in [5.41, 5.74) is 7.39. The smallest absolute Gasteiger partial charge is 0.119 e. The third-order valence-corrected chi connectivity index (χ3v) is 4.06. The lowest BCUT2D eigenvalue weighted by Crippen LogP contribution is -2.27. The number of hydrogen-bond acceptors (Lipinski definition) is 3. The van der Waals surface area contributed by atoms with E-state index in [1.54, 1.807) is 7.11 Å². The molecule has 0 amide bonds. The van der Waals surface area contributed by atoms with Gasteiger partial charge in [0.1, 0.15) is 5.75 Å². The minimum absolute atomic E-state index is 0.219. The molecule has 0 fully saturated rings. The minimum Gasteiger partial charge on any atom is -0.497 e. The fourth-order valence-electron chi connectivity index (χ4n) is 2.07. The van der Waals surface area contributed by atoms with Crippen molar-refractivity contribution in [2.75, 3.05) is 12.9 Å². The first-order valence-corrected chi connectivity index (χ1v) is 6.27. The average molecular weight is 223 g/mol. The third-order valence-electron chi connectivity index (χ3n) is 2.94. The van der Waals surface area contributed by atoms with Crippen molar-refractivity contribution in [1.82, 2.24) is 0 Å². The molecule has 0 bridgehead atoms. The van der Waals surface area contributed by atoms with Crippen LogP contribution in [0.25, 0.3) is 0 Å². The van der Waals surface area contributed by atoms with Gasteiger partial charge in [-0.15, -0.1) is 11.8 Å². The van der Waals surface area contributed by atoms with E-state index in [-0.39, 0.29) is 6.04 Å². The summed E-state index contributed by atoms with van der Waals surface area (Å²) >= 11 is 1.92. The Morgan fingerprint density at radius 1 is 1.53 bits per heavy atom. The molecule has 3 heteroatoms. The van der Waals surface area contributed by atoms with Crippen LogP contribution in [0.5, 0.6) is 5.75 Å². The highest BCUT2D eigenvalue weighted by molar-refractivity contribution is 7.99. The van der Waals surface area contributed by atoms with Crippen LogP contribution in [0.2, 0.25) is 0 Å². The molecule has 2 unspecified atom stereocenters. The molecular formula is C12H17NOS. The Balaban J connectivity index is 2.39. The molecule has 1 aliphatic heterocycles. The molecule has 2 nitrogen and oxygen atoms in total. The lowest BCUT2D eigenvalue weighted by atomic mass is 9.90. The molecule has 1 aliphatic rings. The molecule has 1 heterocycles. The maximum atomic E-state index is 6.02. The summed E-state index contributed by atoms with van der Waals surface area (Å²) in [6, 6.07) is 6.52. The molecular weight excluding hydrogens is 206 g/mol. The number of methoxy groups -OCH3 is 1. The van der Waals surface area contributed by atoms with Crippen LogP contribution < -0.4 is 10.5 Å². The SMILES string of the molecule is COc1ccc2c(c1)C(C(C)N)CCS2. The zero-order valence-electron chi connectivity index (χ0n) is 9.19. The summed E-state index contributed by atoms with van der Waals surface area (Å²) in [6.07, 6.45) is 1.17. The highest BCUT2D eigenvalue weighted by atomic mass is 32.2. The number of nitrogens with two attached hydrogens (primary N) is 1. The molecule has 2 atom stereocenters. The maximum Gasteiger partial charge on any atom is 0.119 e. The molecule has 0 radical (unpaired) electrons. The van der Waals surface area contributed by atoms with E-state index in [1.165, 1.54) is 22.6 Å². The second kappa shape index (κ2) is 4.45. The van der Waals surface area contributed by atoms with Crippen LogP contribution in [-0.2, 0) is 0 Å². The zero-order chi connectivity index (χ0) is 10.8. The van der Waals surface area contributed by atoms with Gasteiger partial charge in [-0.2, -0.15) is 0 Å². The van der Waals surface area contributed by atoms with Crippen LogP contribution >= 0.6 is 11.8 Å². The zero-order valence-corrected chi connectivity index (χ0v) is 10.0. The quantitative estimate of drug-likeness (QED) is 0.837. The van der Waals surface area contributed by atoms with Crippen LogP contribution in [0.4, 0.5) is 0 Å². The summed E-state index contributed by atoms with van der Waals surface area (Å²) in [5, 5.41) is 0. The van der Waals surface area contributed by atoms with E-state index in [2.05, 4.69) is 19.1 Å². The largest absolute Gasteiger partial charge is 0.497 e. The van der Waals surface area contributed by atoms with Crippen LogP contribution in [0.1, 0.15) is 24.8 Å². The van der Waals surface area contributed by atoms with Crippen molar-refractivity contribution < 1.29 is 4.74 Å². The topological polar surface area (TPSA) is 35.2 Å². The molecule has 0 aliphatic carbocycles. The summed E-state index contributed by atoms with van der Waals surface area (Å²) in [4.78, 5) is 1.37. The first-order chi connectivity index (χ1) is 7.22. The lowest BCUT2D eigenvalue weighted by molar-refractivity contribution is 0.412. The number of thioether (sulfide) groups is 1. The molecule has 82 valence electrons. The Labute approximate surface area is 95.2 Å². The molecule has 2 N–H and O–H groups in total. The number of hydrogen-bond donors (Lipinski definition) is 1. The third kappa shape index (κ3) is 2.13. The van der Waals surface area contributed by atoms with E-state index < -0.39 is 0 Å². The summed E-state index contributed by atoms with van der Waals surface area (Å²) < 4.78 is 5.26. The predicted octanol–water partition coefficient (Wildman–Crippen LogP) is 2.62. The van der Waals surface area contributed by atoms with Crippen LogP contribution in [0.15, 0.2) is 23.1 Å². The standard InChI is InChI=1S/C12H17NOS/c1-8(13)10-5-6-15-12-4-3-9(14-2)7-11(10)12/h3-4,7-8,10H,5-6,13H2,1-2H3. The van der Waals surface area contributed by atoms with Crippen LogP contribution in [0, 0.1) is 0 Å². The molecule has 15 heavy (non-hydrogen) atoms. The molecule has 1 aromatic rings.